The molecule has 0 atom stereocenters. The number of nitrogens with zero attached hydrogens (tertiary/aromatic N) is 2. The molecule has 150 valence electrons. The second kappa shape index (κ2) is 9.84. The van der Waals surface area contributed by atoms with Gasteiger partial charge in [-0.05, 0) is 29.3 Å². The molecule has 6 nitrogen and oxygen atoms in total. The van der Waals surface area contributed by atoms with Crippen molar-refractivity contribution in [3.8, 4) is 11.5 Å². The molecule has 0 aliphatic rings. The fourth-order valence-electron chi connectivity index (χ4n) is 2.48. The number of methoxy groups -OCH3 is 1. The van der Waals surface area contributed by atoms with Crippen molar-refractivity contribution < 1.29 is 14.3 Å². The van der Waals surface area contributed by atoms with Crippen molar-refractivity contribution in [2.75, 3.05) is 12.4 Å². The highest BCUT2D eigenvalue weighted by Gasteiger charge is 2.09. The van der Waals surface area contributed by atoms with E-state index in [1.165, 1.54) is 17.4 Å². The quantitative estimate of drug-likeness (QED) is 0.536. The lowest BCUT2D eigenvalue weighted by molar-refractivity contribution is -0.111. The van der Waals surface area contributed by atoms with Crippen molar-refractivity contribution in [1.29, 1.82) is 0 Å². The highest BCUT2D eigenvalue weighted by atomic mass is 32.1. The molecule has 3 rings (SSSR count). The molecule has 2 aromatic carbocycles. The number of nitrogens with one attached hydrogen (secondary N) is 1. The van der Waals surface area contributed by atoms with Gasteiger partial charge in [0.1, 0.15) is 11.6 Å². The van der Waals surface area contributed by atoms with E-state index in [1.54, 1.807) is 13.2 Å². The standard InChI is InChI=1S/C22H23N3O3S/c1-15(2)21-24-25-22(29-21)23-20(26)12-10-16-9-11-18(19(13-16)27-3)28-14-17-7-5-4-6-8-17/h4-13,15H,14H2,1-3H3,(H,23,25,26). The van der Waals surface area contributed by atoms with Crippen LogP contribution in [0.4, 0.5) is 5.13 Å². The first-order chi connectivity index (χ1) is 14.0. The van der Waals surface area contributed by atoms with Gasteiger partial charge in [0.15, 0.2) is 11.5 Å². The van der Waals surface area contributed by atoms with Gasteiger partial charge < -0.3 is 9.47 Å². The minimum absolute atomic E-state index is 0.264. The predicted molar refractivity (Wildman–Crippen MR) is 115 cm³/mol. The molecule has 3 aromatic rings. The molecule has 1 aromatic heterocycles. The lowest BCUT2D eigenvalue weighted by atomic mass is 10.2. The number of amides is 1. The Hall–Kier alpha value is -3.19. The normalized spacial score (nSPS) is 11.0. The first kappa shape index (κ1) is 20.5. The number of ether oxygens (including phenoxy) is 2. The second-order valence-electron chi connectivity index (χ2n) is 6.61. The van der Waals surface area contributed by atoms with E-state index in [0.29, 0.717) is 23.2 Å². The molecule has 7 heteroatoms. The Balaban J connectivity index is 1.61. The third-order valence-corrected chi connectivity index (χ3v) is 5.16. The van der Waals surface area contributed by atoms with Crippen LogP contribution < -0.4 is 14.8 Å². The second-order valence-corrected chi connectivity index (χ2v) is 7.62. The highest BCUT2D eigenvalue weighted by molar-refractivity contribution is 7.15. The summed E-state index contributed by atoms with van der Waals surface area (Å²) in [7, 11) is 1.59. The minimum Gasteiger partial charge on any atom is -0.493 e. The average molecular weight is 410 g/mol. The fraction of sp³-hybridized carbons (Fsp3) is 0.227. The third kappa shape index (κ3) is 5.89. The molecule has 0 spiro atoms. The number of rotatable bonds is 8. The molecule has 1 heterocycles. The molecule has 0 bridgehead atoms. The minimum atomic E-state index is -0.264. The average Bonchev–Trinajstić information content (AvgIpc) is 3.20. The summed E-state index contributed by atoms with van der Waals surface area (Å²) in [5, 5.41) is 12.2. The Labute approximate surface area is 174 Å². The number of hydrogen-bond donors (Lipinski definition) is 1. The van der Waals surface area contributed by atoms with Crippen molar-refractivity contribution in [3.05, 3.63) is 70.7 Å². The zero-order valence-electron chi connectivity index (χ0n) is 16.6. The number of carbonyl (C=O) groups is 1. The van der Waals surface area contributed by atoms with Crippen molar-refractivity contribution in [1.82, 2.24) is 10.2 Å². The summed E-state index contributed by atoms with van der Waals surface area (Å²) < 4.78 is 11.3. The SMILES string of the molecule is COc1cc(C=CC(=O)Nc2nnc(C(C)C)s2)ccc1OCc1ccccc1. The van der Waals surface area contributed by atoms with Crippen molar-refractivity contribution in [2.45, 2.75) is 26.4 Å². The Morgan fingerprint density at radius 2 is 1.93 bits per heavy atom. The maximum atomic E-state index is 12.1. The molecule has 0 fully saturated rings. The first-order valence-corrected chi connectivity index (χ1v) is 10.0. The summed E-state index contributed by atoms with van der Waals surface area (Å²) in [4.78, 5) is 12.1. The molecule has 1 amide bonds. The van der Waals surface area contributed by atoms with Crippen LogP contribution >= 0.6 is 11.3 Å². The Bertz CT molecular complexity index is 984. The Morgan fingerprint density at radius 3 is 2.62 bits per heavy atom. The molecular formula is C22H23N3O3S. The van der Waals surface area contributed by atoms with Crippen LogP contribution in [0.5, 0.6) is 11.5 Å². The van der Waals surface area contributed by atoms with Gasteiger partial charge in [-0.3, -0.25) is 10.1 Å². The van der Waals surface area contributed by atoms with Crippen molar-refractivity contribution in [3.63, 3.8) is 0 Å². The Kier molecular flexibility index (Phi) is 6.97. The summed E-state index contributed by atoms with van der Waals surface area (Å²) in [5.74, 6) is 1.27. The van der Waals surface area contributed by atoms with E-state index in [1.807, 2.05) is 62.4 Å². The summed E-state index contributed by atoms with van der Waals surface area (Å²) >= 11 is 1.38. The number of benzene rings is 2. The van der Waals surface area contributed by atoms with Crippen LogP contribution in [0, 0.1) is 0 Å². The molecular weight excluding hydrogens is 386 g/mol. The molecule has 0 aliphatic heterocycles. The molecule has 0 saturated carbocycles. The van der Waals surface area contributed by atoms with E-state index in [4.69, 9.17) is 9.47 Å². The number of aromatic nitrogens is 2. The van der Waals surface area contributed by atoms with Gasteiger partial charge >= 0.3 is 0 Å². The summed E-state index contributed by atoms with van der Waals surface area (Å²) in [6.45, 7) is 4.52. The zero-order valence-corrected chi connectivity index (χ0v) is 17.4. The van der Waals surface area contributed by atoms with Crippen LogP contribution in [0.2, 0.25) is 0 Å². The summed E-state index contributed by atoms with van der Waals surface area (Å²) in [6, 6.07) is 15.4. The van der Waals surface area contributed by atoms with E-state index < -0.39 is 0 Å². The number of hydrogen-bond acceptors (Lipinski definition) is 6. The molecule has 0 unspecified atom stereocenters. The molecule has 0 radical (unpaired) electrons. The maximum Gasteiger partial charge on any atom is 0.250 e. The van der Waals surface area contributed by atoms with Crippen molar-refractivity contribution in [2.24, 2.45) is 0 Å². The van der Waals surface area contributed by atoms with Crippen LogP contribution in [0.3, 0.4) is 0 Å². The third-order valence-electron chi connectivity index (χ3n) is 4.02. The smallest absolute Gasteiger partial charge is 0.250 e. The zero-order chi connectivity index (χ0) is 20.6. The maximum absolute atomic E-state index is 12.1. The van der Waals surface area contributed by atoms with Gasteiger partial charge in [0.2, 0.25) is 11.0 Å². The van der Waals surface area contributed by atoms with Gasteiger partial charge in [0.25, 0.3) is 0 Å². The van der Waals surface area contributed by atoms with E-state index in [-0.39, 0.29) is 11.8 Å². The van der Waals surface area contributed by atoms with E-state index >= 15 is 0 Å². The van der Waals surface area contributed by atoms with Gasteiger partial charge in [-0.1, -0.05) is 61.6 Å². The molecule has 29 heavy (non-hydrogen) atoms. The van der Waals surface area contributed by atoms with Crippen LogP contribution in [0.1, 0.15) is 35.9 Å². The Morgan fingerprint density at radius 1 is 1.14 bits per heavy atom. The van der Waals surface area contributed by atoms with Crippen LogP contribution in [-0.2, 0) is 11.4 Å². The highest BCUT2D eigenvalue weighted by Crippen LogP contribution is 2.29. The van der Waals surface area contributed by atoms with Gasteiger partial charge in [-0.2, -0.15) is 0 Å². The van der Waals surface area contributed by atoms with Crippen LogP contribution in [0.25, 0.3) is 6.08 Å². The van der Waals surface area contributed by atoms with E-state index in [9.17, 15) is 4.79 Å². The van der Waals surface area contributed by atoms with E-state index in [2.05, 4.69) is 15.5 Å². The lowest BCUT2D eigenvalue weighted by Gasteiger charge is -2.11. The molecule has 0 aliphatic carbocycles. The summed E-state index contributed by atoms with van der Waals surface area (Å²) in [6.07, 6.45) is 3.17. The first-order valence-electron chi connectivity index (χ1n) is 9.22. The van der Waals surface area contributed by atoms with Crippen LogP contribution in [0.15, 0.2) is 54.6 Å². The van der Waals surface area contributed by atoms with Crippen LogP contribution in [-0.4, -0.2) is 23.2 Å². The van der Waals surface area contributed by atoms with Gasteiger partial charge in [0.05, 0.1) is 7.11 Å². The molecule has 1 N–H and O–H groups in total. The number of anilines is 1. The van der Waals surface area contributed by atoms with Crippen molar-refractivity contribution >= 4 is 28.5 Å². The molecule has 0 saturated heterocycles. The topological polar surface area (TPSA) is 73.3 Å². The largest absolute Gasteiger partial charge is 0.493 e. The lowest BCUT2D eigenvalue weighted by Crippen LogP contribution is -2.07. The fourth-order valence-corrected chi connectivity index (χ4v) is 3.23. The predicted octanol–water partition coefficient (Wildman–Crippen LogP) is 4.90. The van der Waals surface area contributed by atoms with Gasteiger partial charge in [-0.15, -0.1) is 10.2 Å². The summed E-state index contributed by atoms with van der Waals surface area (Å²) in [5.41, 5.74) is 1.90. The number of carbonyl (C=O) groups excluding carboxylic acids is 1. The van der Waals surface area contributed by atoms with Gasteiger partial charge in [0, 0.05) is 12.0 Å². The van der Waals surface area contributed by atoms with E-state index in [0.717, 1.165) is 16.1 Å². The van der Waals surface area contributed by atoms with Gasteiger partial charge in [-0.25, -0.2) is 0 Å². The monoisotopic (exact) mass is 409 g/mol.